The second-order valence-electron chi connectivity index (χ2n) is 7.21. The number of aryl methyl sites for hydroxylation is 1. The van der Waals surface area contributed by atoms with Gasteiger partial charge in [0.15, 0.2) is 5.82 Å². The highest BCUT2D eigenvalue weighted by atomic mass is 127. The van der Waals surface area contributed by atoms with Crippen LogP contribution in [0.1, 0.15) is 5.56 Å². The SMILES string of the molecule is Cc1ccc(-c2c(NS(=O)(=O)c3ccc(I)cc3)ncnc2OCCOc2ncc(Br)cn2)cc1. The van der Waals surface area contributed by atoms with Gasteiger partial charge in [0.25, 0.3) is 10.0 Å². The molecule has 180 valence electrons. The van der Waals surface area contributed by atoms with Gasteiger partial charge in [-0.2, -0.15) is 0 Å². The molecule has 0 aliphatic heterocycles. The minimum absolute atomic E-state index is 0.106. The number of halogens is 2. The van der Waals surface area contributed by atoms with E-state index in [0.717, 1.165) is 13.6 Å². The lowest BCUT2D eigenvalue weighted by molar-refractivity contribution is 0.202. The maximum atomic E-state index is 13.1. The number of aromatic nitrogens is 4. The molecule has 0 bridgehead atoms. The lowest BCUT2D eigenvalue weighted by atomic mass is 10.1. The van der Waals surface area contributed by atoms with Crippen LogP contribution in [0.5, 0.6) is 11.9 Å². The van der Waals surface area contributed by atoms with Crippen molar-refractivity contribution >= 4 is 54.4 Å². The normalized spacial score (nSPS) is 11.2. The largest absolute Gasteiger partial charge is 0.473 e. The molecule has 0 unspecified atom stereocenters. The quantitative estimate of drug-likeness (QED) is 0.199. The van der Waals surface area contributed by atoms with Crippen LogP contribution in [0.15, 0.2) is 76.6 Å². The monoisotopic (exact) mass is 667 g/mol. The zero-order valence-corrected chi connectivity index (χ0v) is 22.9. The van der Waals surface area contributed by atoms with E-state index in [9.17, 15) is 8.42 Å². The van der Waals surface area contributed by atoms with E-state index in [0.29, 0.717) is 11.1 Å². The summed E-state index contributed by atoms with van der Waals surface area (Å²) in [6.45, 7) is 2.24. The molecular weight excluding hydrogens is 649 g/mol. The van der Waals surface area contributed by atoms with Gasteiger partial charge in [-0.15, -0.1) is 0 Å². The zero-order chi connectivity index (χ0) is 24.8. The van der Waals surface area contributed by atoms with Gasteiger partial charge in [0, 0.05) is 16.0 Å². The Hall–Kier alpha value is -2.84. The van der Waals surface area contributed by atoms with Crippen molar-refractivity contribution in [2.75, 3.05) is 17.9 Å². The maximum absolute atomic E-state index is 13.1. The number of anilines is 1. The van der Waals surface area contributed by atoms with Crippen LogP contribution < -0.4 is 14.2 Å². The lowest BCUT2D eigenvalue weighted by Gasteiger charge is -2.16. The molecule has 0 spiro atoms. The van der Waals surface area contributed by atoms with E-state index < -0.39 is 10.0 Å². The Morgan fingerprint density at radius 3 is 2.26 bits per heavy atom. The van der Waals surface area contributed by atoms with Crippen molar-refractivity contribution < 1.29 is 17.9 Å². The molecule has 4 rings (SSSR count). The van der Waals surface area contributed by atoms with Crippen LogP contribution in [0, 0.1) is 10.5 Å². The fraction of sp³-hybridized carbons (Fsp3) is 0.130. The van der Waals surface area contributed by atoms with E-state index in [1.54, 1.807) is 24.5 Å². The summed E-state index contributed by atoms with van der Waals surface area (Å²) in [4.78, 5) is 16.7. The Balaban J connectivity index is 1.60. The molecule has 0 amide bonds. The highest BCUT2D eigenvalue weighted by molar-refractivity contribution is 14.1. The molecular formula is C23H19BrIN5O4S. The summed E-state index contributed by atoms with van der Waals surface area (Å²) in [6, 6.07) is 14.3. The molecule has 0 radical (unpaired) electrons. The third-order valence-electron chi connectivity index (χ3n) is 4.66. The molecule has 0 fully saturated rings. The van der Waals surface area contributed by atoms with Crippen LogP contribution in [0.2, 0.25) is 0 Å². The number of sulfonamides is 1. The zero-order valence-electron chi connectivity index (χ0n) is 18.4. The molecule has 2 aromatic carbocycles. The molecule has 35 heavy (non-hydrogen) atoms. The summed E-state index contributed by atoms with van der Waals surface area (Å²) >= 11 is 5.39. The fourth-order valence-electron chi connectivity index (χ4n) is 2.98. The van der Waals surface area contributed by atoms with Crippen LogP contribution in [0.25, 0.3) is 11.1 Å². The second-order valence-corrected chi connectivity index (χ2v) is 11.1. The number of nitrogens with zero attached hydrogens (tertiary/aromatic N) is 4. The summed E-state index contributed by atoms with van der Waals surface area (Å²) in [7, 11) is -3.89. The summed E-state index contributed by atoms with van der Waals surface area (Å²) in [5, 5.41) is 0. The Bertz CT molecular complexity index is 1400. The summed E-state index contributed by atoms with van der Waals surface area (Å²) in [5.74, 6) is 0.319. The van der Waals surface area contributed by atoms with Crippen molar-refractivity contribution in [3.8, 4) is 23.0 Å². The standard InChI is InChI=1S/C23H19BrIN5O4S/c1-15-2-4-16(5-3-15)20-21(30-35(31,32)19-8-6-18(25)7-9-19)28-14-29-22(20)33-10-11-34-23-26-12-17(24)13-27-23/h2-9,12-14H,10-11H2,1H3,(H,28,29,30). The van der Waals surface area contributed by atoms with Gasteiger partial charge in [0.2, 0.25) is 5.88 Å². The van der Waals surface area contributed by atoms with Crippen molar-refractivity contribution in [3.63, 3.8) is 0 Å². The topological polar surface area (TPSA) is 116 Å². The molecule has 0 aliphatic carbocycles. The van der Waals surface area contributed by atoms with Crippen molar-refractivity contribution in [2.45, 2.75) is 11.8 Å². The second kappa shape index (κ2) is 11.3. The molecule has 12 heteroatoms. The van der Waals surface area contributed by atoms with E-state index >= 15 is 0 Å². The van der Waals surface area contributed by atoms with Gasteiger partial charge < -0.3 is 9.47 Å². The first-order chi connectivity index (χ1) is 16.8. The van der Waals surface area contributed by atoms with Gasteiger partial charge in [0.1, 0.15) is 19.5 Å². The Labute approximate surface area is 224 Å². The fourth-order valence-corrected chi connectivity index (χ4v) is 4.57. The highest BCUT2D eigenvalue weighted by Gasteiger charge is 2.21. The van der Waals surface area contributed by atoms with Gasteiger partial charge in [-0.3, -0.25) is 4.72 Å². The van der Waals surface area contributed by atoms with Crippen LogP contribution in [-0.4, -0.2) is 41.6 Å². The van der Waals surface area contributed by atoms with Gasteiger partial charge >= 0.3 is 6.01 Å². The summed E-state index contributed by atoms with van der Waals surface area (Å²) in [6.07, 6.45) is 4.40. The average molecular weight is 668 g/mol. The Morgan fingerprint density at radius 1 is 0.914 bits per heavy atom. The number of ether oxygens (including phenoxy) is 2. The lowest BCUT2D eigenvalue weighted by Crippen LogP contribution is -2.16. The third-order valence-corrected chi connectivity index (χ3v) is 7.14. The average Bonchev–Trinajstić information content (AvgIpc) is 2.84. The van der Waals surface area contributed by atoms with Crippen molar-refractivity contribution in [1.29, 1.82) is 0 Å². The maximum Gasteiger partial charge on any atom is 0.316 e. The number of benzene rings is 2. The minimum atomic E-state index is -3.89. The van der Waals surface area contributed by atoms with E-state index in [1.165, 1.54) is 18.5 Å². The summed E-state index contributed by atoms with van der Waals surface area (Å²) in [5.41, 5.74) is 2.17. The third kappa shape index (κ3) is 6.64. The first kappa shape index (κ1) is 25.3. The van der Waals surface area contributed by atoms with Crippen molar-refractivity contribution in [1.82, 2.24) is 19.9 Å². The molecule has 1 N–H and O–H groups in total. The summed E-state index contributed by atoms with van der Waals surface area (Å²) < 4.78 is 41.7. The van der Waals surface area contributed by atoms with Crippen LogP contribution >= 0.6 is 38.5 Å². The predicted octanol–water partition coefficient (Wildman–Crippen LogP) is 4.87. The van der Waals surface area contributed by atoms with Gasteiger partial charge in [-0.25, -0.2) is 28.4 Å². The smallest absolute Gasteiger partial charge is 0.316 e. The van der Waals surface area contributed by atoms with E-state index in [-0.39, 0.29) is 35.8 Å². The molecule has 9 nitrogen and oxygen atoms in total. The number of hydrogen-bond acceptors (Lipinski definition) is 8. The number of rotatable bonds is 9. The highest BCUT2D eigenvalue weighted by Crippen LogP contribution is 2.35. The van der Waals surface area contributed by atoms with Crippen LogP contribution in [0.4, 0.5) is 5.82 Å². The van der Waals surface area contributed by atoms with E-state index in [1.807, 2.05) is 31.2 Å². The van der Waals surface area contributed by atoms with Crippen molar-refractivity contribution in [3.05, 3.63) is 80.9 Å². The molecule has 4 aromatic rings. The van der Waals surface area contributed by atoms with E-state index in [2.05, 4.69) is 63.2 Å². The van der Waals surface area contributed by atoms with Gasteiger partial charge in [0.05, 0.1) is 14.9 Å². The van der Waals surface area contributed by atoms with Gasteiger partial charge in [-0.1, -0.05) is 29.8 Å². The minimum Gasteiger partial charge on any atom is -0.473 e. The molecule has 0 saturated heterocycles. The first-order valence-electron chi connectivity index (χ1n) is 10.3. The molecule has 2 heterocycles. The Kier molecular flexibility index (Phi) is 8.13. The molecule has 0 aliphatic rings. The van der Waals surface area contributed by atoms with Crippen LogP contribution in [0.3, 0.4) is 0 Å². The van der Waals surface area contributed by atoms with Crippen LogP contribution in [-0.2, 0) is 10.0 Å². The molecule has 0 atom stereocenters. The predicted molar refractivity (Wildman–Crippen MR) is 143 cm³/mol. The number of nitrogens with one attached hydrogen (secondary N) is 1. The Morgan fingerprint density at radius 2 is 1.57 bits per heavy atom. The number of hydrogen-bond donors (Lipinski definition) is 1. The molecule has 0 saturated carbocycles. The van der Waals surface area contributed by atoms with Crippen molar-refractivity contribution in [2.24, 2.45) is 0 Å². The van der Waals surface area contributed by atoms with Gasteiger partial charge in [-0.05, 0) is 75.3 Å². The van der Waals surface area contributed by atoms with E-state index in [4.69, 9.17) is 9.47 Å². The first-order valence-corrected chi connectivity index (χ1v) is 13.6. The molecule has 2 aromatic heterocycles.